The summed E-state index contributed by atoms with van der Waals surface area (Å²) in [7, 11) is 1.64. The van der Waals surface area contributed by atoms with Gasteiger partial charge in [-0.2, -0.15) is 0 Å². The van der Waals surface area contributed by atoms with Crippen LogP contribution in [0.25, 0.3) is 11.1 Å². The quantitative estimate of drug-likeness (QED) is 0.276. The second-order valence-corrected chi connectivity index (χ2v) is 7.45. The summed E-state index contributed by atoms with van der Waals surface area (Å²) in [5.41, 5.74) is 5.09. The Labute approximate surface area is 175 Å². The number of fused-ring (bicyclic) bond motifs is 1. The normalized spacial score (nSPS) is 12.9. The van der Waals surface area contributed by atoms with Crippen LogP contribution in [0.3, 0.4) is 0 Å². The Morgan fingerprint density at radius 3 is 2.32 bits per heavy atom. The standard InChI is InChI=1S/C22H16INO4/c1-27-17-11-7-15(8-12-17)21-18-3-2-4-20(23)22(18)28-13-19(21)14-5-9-16(10-6-14)24(25)26/h2-12H,13H2,1H3. The minimum atomic E-state index is -0.391. The lowest BCUT2D eigenvalue weighted by Crippen LogP contribution is -2.12. The molecule has 0 radical (unpaired) electrons. The average Bonchev–Trinajstić information content (AvgIpc) is 2.73. The van der Waals surface area contributed by atoms with Crippen molar-refractivity contribution in [2.24, 2.45) is 0 Å². The number of nitro benzene ring substituents is 1. The molecular weight excluding hydrogens is 469 g/mol. The molecular formula is C22H16INO4. The van der Waals surface area contributed by atoms with Crippen molar-refractivity contribution in [2.75, 3.05) is 13.7 Å². The molecule has 0 atom stereocenters. The van der Waals surface area contributed by atoms with E-state index in [9.17, 15) is 10.1 Å². The van der Waals surface area contributed by atoms with E-state index < -0.39 is 4.92 Å². The highest BCUT2D eigenvalue weighted by atomic mass is 127. The molecule has 1 aliphatic rings. The average molecular weight is 485 g/mol. The Morgan fingerprint density at radius 2 is 1.68 bits per heavy atom. The van der Waals surface area contributed by atoms with Crippen molar-refractivity contribution in [1.29, 1.82) is 0 Å². The Kier molecular flexibility index (Phi) is 5.04. The number of methoxy groups -OCH3 is 1. The maximum Gasteiger partial charge on any atom is 0.269 e. The van der Waals surface area contributed by atoms with Crippen LogP contribution < -0.4 is 9.47 Å². The van der Waals surface area contributed by atoms with Gasteiger partial charge in [0, 0.05) is 23.3 Å². The van der Waals surface area contributed by atoms with Gasteiger partial charge in [0.25, 0.3) is 5.69 Å². The number of nitro groups is 1. The highest BCUT2D eigenvalue weighted by molar-refractivity contribution is 14.1. The lowest BCUT2D eigenvalue weighted by Gasteiger charge is -2.26. The number of non-ortho nitro benzene ring substituents is 1. The Morgan fingerprint density at radius 1 is 1.00 bits per heavy atom. The summed E-state index contributed by atoms with van der Waals surface area (Å²) in [4.78, 5) is 10.6. The van der Waals surface area contributed by atoms with Crippen LogP contribution in [-0.4, -0.2) is 18.6 Å². The molecule has 0 aromatic heterocycles. The molecule has 0 N–H and O–H groups in total. The van der Waals surface area contributed by atoms with E-state index in [1.165, 1.54) is 12.1 Å². The first-order valence-corrected chi connectivity index (χ1v) is 9.70. The fraction of sp³-hybridized carbons (Fsp3) is 0.0909. The molecule has 0 bridgehead atoms. The number of halogens is 1. The predicted octanol–water partition coefficient (Wildman–Crippen LogP) is 5.56. The number of nitrogens with zero attached hydrogens (tertiary/aromatic N) is 1. The molecule has 6 heteroatoms. The summed E-state index contributed by atoms with van der Waals surface area (Å²) in [6.45, 7) is 0.395. The second kappa shape index (κ2) is 7.63. The van der Waals surface area contributed by atoms with E-state index in [0.29, 0.717) is 6.61 Å². The molecule has 0 aliphatic carbocycles. The largest absolute Gasteiger partial charge is 0.497 e. The van der Waals surface area contributed by atoms with Gasteiger partial charge in [0.15, 0.2) is 0 Å². The first kappa shape index (κ1) is 18.5. The van der Waals surface area contributed by atoms with Crippen molar-refractivity contribution < 1.29 is 14.4 Å². The van der Waals surface area contributed by atoms with Crippen molar-refractivity contribution in [1.82, 2.24) is 0 Å². The predicted molar refractivity (Wildman–Crippen MR) is 117 cm³/mol. The number of para-hydroxylation sites is 1. The zero-order chi connectivity index (χ0) is 19.7. The minimum Gasteiger partial charge on any atom is -0.497 e. The summed E-state index contributed by atoms with van der Waals surface area (Å²) in [6, 6.07) is 20.6. The smallest absolute Gasteiger partial charge is 0.269 e. The third-order valence-corrected chi connectivity index (χ3v) is 5.55. The Hall–Kier alpha value is -2.87. The molecule has 28 heavy (non-hydrogen) atoms. The van der Waals surface area contributed by atoms with Gasteiger partial charge in [-0.25, -0.2) is 0 Å². The van der Waals surface area contributed by atoms with Gasteiger partial charge in [0.1, 0.15) is 18.1 Å². The van der Waals surface area contributed by atoms with Crippen LogP contribution in [0.15, 0.2) is 66.7 Å². The molecule has 1 heterocycles. The molecule has 0 fully saturated rings. The molecule has 3 aromatic rings. The molecule has 0 unspecified atom stereocenters. The third-order valence-electron chi connectivity index (χ3n) is 4.70. The van der Waals surface area contributed by atoms with E-state index in [0.717, 1.165) is 42.9 Å². The SMILES string of the molecule is COc1ccc(C2=C(c3ccc([N+](=O)[O-])cc3)COc3c(I)cccc32)cc1. The summed E-state index contributed by atoms with van der Waals surface area (Å²) in [5.74, 6) is 1.65. The molecule has 5 nitrogen and oxygen atoms in total. The van der Waals surface area contributed by atoms with Gasteiger partial charge in [-0.05, 0) is 69.6 Å². The number of hydrogen-bond donors (Lipinski definition) is 0. The Bertz CT molecular complexity index is 1070. The minimum absolute atomic E-state index is 0.0713. The van der Waals surface area contributed by atoms with E-state index in [1.807, 2.05) is 42.5 Å². The highest BCUT2D eigenvalue weighted by Gasteiger charge is 2.24. The number of rotatable bonds is 4. The van der Waals surface area contributed by atoms with E-state index in [2.05, 4.69) is 22.6 Å². The number of benzene rings is 3. The lowest BCUT2D eigenvalue weighted by molar-refractivity contribution is -0.384. The molecule has 3 aromatic carbocycles. The summed E-state index contributed by atoms with van der Waals surface area (Å²) >= 11 is 2.27. The molecule has 1 aliphatic heterocycles. The van der Waals surface area contributed by atoms with Crippen LogP contribution >= 0.6 is 22.6 Å². The molecule has 0 saturated carbocycles. The third kappa shape index (κ3) is 3.35. The zero-order valence-corrected chi connectivity index (χ0v) is 17.2. The van der Waals surface area contributed by atoms with Crippen LogP contribution in [0.4, 0.5) is 5.69 Å². The number of hydrogen-bond acceptors (Lipinski definition) is 4. The second-order valence-electron chi connectivity index (χ2n) is 6.29. The molecule has 140 valence electrons. The summed E-state index contributed by atoms with van der Waals surface area (Å²) < 4.78 is 12.4. The van der Waals surface area contributed by atoms with Crippen LogP contribution in [-0.2, 0) is 0 Å². The fourth-order valence-corrected chi connectivity index (χ4v) is 3.98. The maximum atomic E-state index is 11.0. The molecule has 4 rings (SSSR count). The monoisotopic (exact) mass is 485 g/mol. The maximum absolute atomic E-state index is 11.0. The van der Waals surface area contributed by atoms with E-state index in [-0.39, 0.29) is 5.69 Å². The highest BCUT2D eigenvalue weighted by Crippen LogP contribution is 2.43. The van der Waals surface area contributed by atoms with Crippen molar-refractivity contribution in [3.8, 4) is 11.5 Å². The topological polar surface area (TPSA) is 61.6 Å². The van der Waals surface area contributed by atoms with Gasteiger partial charge in [-0.15, -0.1) is 0 Å². The first-order chi connectivity index (χ1) is 13.6. The molecule has 0 spiro atoms. The van der Waals surface area contributed by atoms with Crippen molar-refractivity contribution >= 4 is 39.4 Å². The van der Waals surface area contributed by atoms with Gasteiger partial charge in [-0.3, -0.25) is 10.1 Å². The first-order valence-electron chi connectivity index (χ1n) is 8.62. The lowest BCUT2D eigenvalue weighted by atomic mass is 9.88. The number of ether oxygens (including phenoxy) is 2. The molecule has 0 saturated heterocycles. The fourth-order valence-electron chi connectivity index (χ4n) is 3.33. The summed E-state index contributed by atoms with van der Waals surface area (Å²) in [5, 5.41) is 11.0. The van der Waals surface area contributed by atoms with Crippen LogP contribution in [0.2, 0.25) is 0 Å². The van der Waals surface area contributed by atoms with Gasteiger partial charge in [0.05, 0.1) is 15.6 Å². The van der Waals surface area contributed by atoms with Crippen LogP contribution in [0, 0.1) is 13.7 Å². The van der Waals surface area contributed by atoms with E-state index in [4.69, 9.17) is 9.47 Å². The Balaban J connectivity index is 1.92. The molecule has 0 amide bonds. The van der Waals surface area contributed by atoms with Crippen molar-refractivity contribution in [2.45, 2.75) is 0 Å². The van der Waals surface area contributed by atoms with Crippen molar-refractivity contribution in [3.63, 3.8) is 0 Å². The van der Waals surface area contributed by atoms with Gasteiger partial charge < -0.3 is 9.47 Å². The van der Waals surface area contributed by atoms with Gasteiger partial charge in [-0.1, -0.05) is 24.3 Å². The van der Waals surface area contributed by atoms with E-state index >= 15 is 0 Å². The zero-order valence-electron chi connectivity index (χ0n) is 15.0. The van der Waals surface area contributed by atoms with Crippen LogP contribution in [0.5, 0.6) is 11.5 Å². The van der Waals surface area contributed by atoms with Gasteiger partial charge in [0.2, 0.25) is 0 Å². The van der Waals surface area contributed by atoms with E-state index in [1.54, 1.807) is 19.2 Å². The van der Waals surface area contributed by atoms with Crippen molar-refractivity contribution in [3.05, 3.63) is 97.1 Å². The summed E-state index contributed by atoms with van der Waals surface area (Å²) in [6.07, 6.45) is 0. The van der Waals surface area contributed by atoms with Gasteiger partial charge >= 0.3 is 0 Å². The van der Waals surface area contributed by atoms with Crippen LogP contribution in [0.1, 0.15) is 16.7 Å².